The van der Waals surface area contributed by atoms with E-state index in [9.17, 15) is 4.79 Å². The summed E-state index contributed by atoms with van der Waals surface area (Å²) in [5.74, 6) is 0.647. The highest BCUT2D eigenvalue weighted by molar-refractivity contribution is 6.04. The third-order valence-corrected chi connectivity index (χ3v) is 6.07. The number of aryl methyl sites for hydroxylation is 1. The molecule has 3 aromatic rings. The lowest BCUT2D eigenvalue weighted by Crippen LogP contribution is -2.26. The molecule has 0 saturated heterocycles. The highest BCUT2D eigenvalue weighted by Gasteiger charge is 2.19. The first-order chi connectivity index (χ1) is 15.0. The number of nitrogens with one attached hydrogen (secondary N) is 2. The molecule has 1 amide bonds. The van der Waals surface area contributed by atoms with Gasteiger partial charge in [-0.25, -0.2) is 0 Å². The Morgan fingerprint density at radius 3 is 2.19 bits per heavy atom. The molecule has 4 heteroatoms. The summed E-state index contributed by atoms with van der Waals surface area (Å²) in [5, 5.41) is 6.20. The molecule has 1 atom stereocenters. The largest absolute Gasteiger partial charge is 0.388 e. The number of fused-ring (bicyclic) bond motifs is 1. The third-order valence-electron chi connectivity index (χ3n) is 6.07. The molecule has 0 fully saturated rings. The summed E-state index contributed by atoms with van der Waals surface area (Å²) in [4.78, 5) is 15.0. The van der Waals surface area contributed by atoms with Crippen LogP contribution >= 0.6 is 0 Å². The fourth-order valence-electron chi connectivity index (χ4n) is 4.43. The van der Waals surface area contributed by atoms with Crippen LogP contribution in [-0.4, -0.2) is 38.5 Å². The summed E-state index contributed by atoms with van der Waals surface area (Å²) in [5.41, 5.74) is 7.64. The van der Waals surface area contributed by atoms with Crippen LogP contribution in [0.15, 0.2) is 66.7 Å². The molecule has 0 aromatic heterocycles. The van der Waals surface area contributed by atoms with E-state index in [1.165, 1.54) is 17.5 Å². The molecular weight excluding hydrogens is 382 g/mol. The molecule has 4 rings (SSSR count). The van der Waals surface area contributed by atoms with Crippen molar-refractivity contribution in [3.05, 3.63) is 83.4 Å². The second-order valence-electron chi connectivity index (χ2n) is 8.71. The van der Waals surface area contributed by atoms with Gasteiger partial charge in [-0.2, -0.15) is 0 Å². The van der Waals surface area contributed by atoms with Gasteiger partial charge in [0.05, 0.1) is 0 Å². The molecule has 0 bridgehead atoms. The Labute approximate surface area is 185 Å². The lowest BCUT2D eigenvalue weighted by atomic mass is 9.83. The van der Waals surface area contributed by atoms with Crippen molar-refractivity contribution in [2.24, 2.45) is 5.92 Å². The Bertz CT molecular complexity index is 1040. The van der Waals surface area contributed by atoms with E-state index in [0.717, 1.165) is 47.8 Å². The smallest absolute Gasteiger partial charge is 0.255 e. The second-order valence-corrected chi connectivity index (χ2v) is 8.71. The quantitative estimate of drug-likeness (QED) is 0.575. The van der Waals surface area contributed by atoms with E-state index in [4.69, 9.17) is 0 Å². The molecule has 0 radical (unpaired) electrons. The van der Waals surface area contributed by atoms with Crippen LogP contribution in [0.2, 0.25) is 0 Å². The molecule has 31 heavy (non-hydrogen) atoms. The number of rotatable bonds is 6. The second kappa shape index (κ2) is 9.36. The van der Waals surface area contributed by atoms with E-state index in [2.05, 4.69) is 66.0 Å². The van der Waals surface area contributed by atoms with E-state index in [1.54, 1.807) is 0 Å². The van der Waals surface area contributed by atoms with Crippen molar-refractivity contribution in [3.8, 4) is 11.1 Å². The number of carbonyl (C=O) groups excluding carboxylic acids is 1. The zero-order chi connectivity index (χ0) is 21.8. The van der Waals surface area contributed by atoms with E-state index >= 15 is 0 Å². The van der Waals surface area contributed by atoms with Crippen molar-refractivity contribution < 1.29 is 4.79 Å². The Hall–Kier alpha value is -3.11. The van der Waals surface area contributed by atoms with Crippen molar-refractivity contribution in [2.75, 3.05) is 38.3 Å². The number of nitrogens with zero attached hydrogens (tertiary/aromatic N) is 1. The molecule has 160 valence electrons. The minimum Gasteiger partial charge on any atom is -0.388 e. The lowest BCUT2D eigenvalue weighted by molar-refractivity contribution is 0.102. The molecular formula is C27H31N3O. The summed E-state index contributed by atoms with van der Waals surface area (Å²) in [6.45, 7) is 1.13. The minimum absolute atomic E-state index is 0.0710. The van der Waals surface area contributed by atoms with Crippen molar-refractivity contribution in [1.29, 1.82) is 0 Å². The molecule has 1 aliphatic rings. The number of benzene rings is 3. The number of carbonyl (C=O) groups is 1. The summed E-state index contributed by atoms with van der Waals surface area (Å²) in [6.07, 6.45) is 3.41. The van der Waals surface area contributed by atoms with Gasteiger partial charge in [-0.15, -0.1) is 0 Å². The van der Waals surface area contributed by atoms with Gasteiger partial charge >= 0.3 is 0 Å². The fourth-order valence-corrected chi connectivity index (χ4v) is 4.43. The first kappa shape index (κ1) is 21.1. The highest BCUT2D eigenvalue weighted by Crippen LogP contribution is 2.28. The lowest BCUT2D eigenvalue weighted by Gasteiger charge is -2.27. The third kappa shape index (κ3) is 5.15. The molecule has 1 unspecified atom stereocenters. The molecule has 0 heterocycles. The van der Waals surface area contributed by atoms with Crippen LogP contribution in [0.3, 0.4) is 0 Å². The van der Waals surface area contributed by atoms with E-state index in [-0.39, 0.29) is 5.91 Å². The SMILES string of the molecule is CNc1ccc(-c2ccc(C(=O)Nc3ccc4c(c3)CCC(CN(C)C)C4)cc2)cc1. The van der Waals surface area contributed by atoms with Crippen LogP contribution in [0.1, 0.15) is 27.9 Å². The Morgan fingerprint density at radius 2 is 1.55 bits per heavy atom. The average molecular weight is 414 g/mol. The zero-order valence-corrected chi connectivity index (χ0v) is 18.6. The summed E-state index contributed by atoms with van der Waals surface area (Å²) < 4.78 is 0. The number of anilines is 2. The van der Waals surface area contributed by atoms with Gasteiger partial charge in [0.15, 0.2) is 0 Å². The minimum atomic E-state index is -0.0710. The van der Waals surface area contributed by atoms with Gasteiger partial charge in [-0.1, -0.05) is 30.3 Å². The van der Waals surface area contributed by atoms with Crippen LogP contribution in [0, 0.1) is 5.92 Å². The molecule has 2 N–H and O–H groups in total. The maximum absolute atomic E-state index is 12.8. The van der Waals surface area contributed by atoms with Gasteiger partial charge in [0.1, 0.15) is 0 Å². The van der Waals surface area contributed by atoms with Gasteiger partial charge in [0.2, 0.25) is 0 Å². The molecule has 4 nitrogen and oxygen atoms in total. The van der Waals surface area contributed by atoms with Gasteiger partial charge in [-0.3, -0.25) is 4.79 Å². The number of hydrogen-bond donors (Lipinski definition) is 2. The molecule has 0 saturated carbocycles. The molecule has 3 aromatic carbocycles. The highest BCUT2D eigenvalue weighted by atomic mass is 16.1. The fraction of sp³-hybridized carbons (Fsp3) is 0.296. The maximum Gasteiger partial charge on any atom is 0.255 e. The van der Waals surface area contributed by atoms with Crippen LogP contribution in [-0.2, 0) is 12.8 Å². The summed E-state index contributed by atoms with van der Waals surface area (Å²) >= 11 is 0. The zero-order valence-electron chi connectivity index (χ0n) is 18.6. The maximum atomic E-state index is 12.8. The van der Waals surface area contributed by atoms with Crippen LogP contribution in [0.5, 0.6) is 0 Å². The van der Waals surface area contributed by atoms with Crippen molar-refractivity contribution in [3.63, 3.8) is 0 Å². The van der Waals surface area contributed by atoms with Crippen molar-refractivity contribution in [2.45, 2.75) is 19.3 Å². The topological polar surface area (TPSA) is 44.4 Å². The number of amides is 1. The Morgan fingerprint density at radius 1 is 0.903 bits per heavy atom. The molecule has 0 spiro atoms. The van der Waals surface area contributed by atoms with Crippen LogP contribution < -0.4 is 10.6 Å². The summed E-state index contributed by atoms with van der Waals surface area (Å²) in [7, 11) is 6.19. The monoisotopic (exact) mass is 413 g/mol. The van der Waals surface area contributed by atoms with Gasteiger partial charge in [0.25, 0.3) is 5.91 Å². The van der Waals surface area contributed by atoms with E-state index < -0.39 is 0 Å². The summed E-state index contributed by atoms with van der Waals surface area (Å²) in [6, 6.07) is 22.4. The van der Waals surface area contributed by atoms with Gasteiger partial charge < -0.3 is 15.5 Å². The van der Waals surface area contributed by atoms with Crippen molar-refractivity contribution >= 4 is 17.3 Å². The van der Waals surface area contributed by atoms with Crippen LogP contribution in [0.4, 0.5) is 11.4 Å². The first-order valence-electron chi connectivity index (χ1n) is 11.0. The standard InChI is InChI=1S/C27H31N3O/c1-28-25-13-10-21(11-14-25)20-6-8-22(9-7-20)27(31)29-26-15-12-23-16-19(18-30(2)3)4-5-24(23)17-26/h6-15,17,19,28H,4-5,16,18H2,1-3H3,(H,29,31). The number of hydrogen-bond acceptors (Lipinski definition) is 3. The molecule has 1 aliphatic carbocycles. The normalized spacial score (nSPS) is 15.4. The predicted octanol–water partition coefficient (Wildman–Crippen LogP) is 5.31. The predicted molar refractivity (Wildman–Crippen MR) is 130 cm³/mol. The van der Waals surface area contributed by atoms with Gasteiger partial charge in [-0.05, 0) is 97.9 Å². The Kier molecular flexibility index (Phi) is 6.38. The van der Waals surface area contributed by atoms with Gasteiger partial charge in [0, 0.05) is 30.5 Å². The van der Waals surface area contributed by atoms with E-state index in [1.807, 2.05) is 37.4 Å². The van der Waals surface area contributed by atoms with Crippen LogP contribution in [0.25, 0.3) is 11.1 Å². The van der Waals surface area contributed by atoms with E-state index in [0.29, 0.717) is 5.56 Å². The molecule has 0 aliphatic heterocycles. The van der Waals surface area contributed by atoms with Crippen molar-refractivity contribution in [1.82, 2.24) is 4.90 Å². The Balaban J connectivity index is 1.41. The average Bonchev–Trinajstić information content (AvgIpc) is 2.79. The first-order valence-corrected chi connectivity index (χ1v) is 11.0.